The Morgan fingerprint density at radius 2 is 1.96 bits per heavy atom. The molecule has 3 heterocycles. The number of nitrogens with one attached hydrogen (secondary N) is 1. The number of H-pyrrole nitrogens is 1. The molecule has 4 aromatic rings. The Bertz CT molecular complexity index is 1100. The maximum Gasteiger partial charge on any atom is 0.273 e. The minimum Gasteiger partial charge on any atom is -0.296 e. The van der Waals surface area contributed by atoms with Crippen LogP contribution in [0.15, 0.2) is 59.7 Å². The van der Waals surface area contributed by atoms with E-state index in [-0.39, 0.29) is 21.8 Å². The molecule has 0 fully saturated rings. The van der Waals surface area contributed by atoms with Crippen LogP contribution in [0, 0.1) is 5.82 Å². The molecule has 3 aromatic heterocycles. The van der Waals surface area contributed by atoms with E-state index in [1.165, 1.54) is 22.7 Å². The summed E-state index contributed by atoms with van der Waals surface area (Å²) in [5, 5.41) is 3.13. The fraction of sp³-hybridized carbons (Fsp3) is 0. The molecule has 0 amide bonds. The predicted octanol–water partition coefficient (Wildman–Crippen LogP) is 3.54. The predicted molar refractivity (Wildman–Crippen MR) is 89.4 cm³/mol. The van der Waals surface area contributed by atoms with Crippen LogP contribution in [0.3, 0.4) is 0 Å². The molecule has 0 unspecified atom stereocenters. The highest BCUT2D eigenvalue weighted by Crippen LogP contribution is 2.26. The molecule has 0 spiro atoms. The zero-order valence-electron chi connectivity index (χ0n) is 12.2. The zero-order valence-corrected chi connectivity index (χ0v) is 13.0. The van der Waals surface area contributed by atoms with Crippen LogP contribution in [0.5, 0.6) is 0 Å². The third-order valence-electron chi connectivity index (χ3n) is 3.65. The van der Waals surface area contributed by atoms with Crippen molar-refractivity contribution >= 4 is 17.2 Å². The first-order valence-electron chi connectivity index (χ1n) is 7.11. The number of hydrogen-bond donors (Lipinski definition) is 1. The van der Waals surface area contributed by atoms with Crippen LogP contribution in [0.4, 0.5) is 4.39 Å². The minimum atomic E-state index is -0.534. The van der Waals surface area contributed by atoms with Crippen LogP contribution in [0.25, 0.3) is 28.2 Å². The van der Waals surface area contributed by atoms with Gasteiger partial charge in [-0.15, -0.1) is 0 Å². The van der Waals surface area contributed by atoms with Gasteiger partial charge in [-0.25, -0.2) is 13.9 Å². The van der Waals surface area contributed by atoms with E-state index >= 15 is 0 Å². The largest absolute Gasteiger partial charge is 0.296 e. The van der Waals surface area contributed by atoms with Crippen molar-refractivity contribution in [1.82, 2.24) is 19.6 Å². The molecule has 1 aromatic carbocycles. The van der Waals surface area contributed by atoms with E-state index in [0.29, 0.717) is 16.9 Å². The first-order chi connectivity index (χ1) is 11.6. The normalized spacial score (nSPS) is 11.1. The van der Waals surface area contributed by atoms with Crippen LogP contribution in [0.2, 0.25) is 5.02 Å². The minimum absolute atomic E-state index is 0.215. The number of benzene rings is 1. The second-order valence-corrected chi connectivity index (χ2v) is 5.60. The van der Waals surface area contributed by atoms with Crippen molar-refractivity contribution < 1.29 is 4.39 Å². The summed E-state index contributed by atoms with van der Waals surface area (Å²) in [5.41, 5.74) is 1.82. The number of fused-ring (bicyclic) bond motifs is 1. The monoisotopic (exact) mass is 340 g/mol. The smallest absolute Gasteiger partial charge is 0.273 e. The summed E-state index contributed by atoms with van der Waals surface area (Å²) in [6.45, 7) is 0. The second kappa shape index (κ2) is 5.58. The lowest BCUT2D eigenvalue weighted by Gasteiger charge is -2.04. The average Bonchev–Trinajstić information content (AvgIpc) is 3.00. The molecular weight excluding hydrogens is 331 g/mol. The fourth-order valence-electron chi connectivity index (χ4n) is 2.53. The third-order valence-corrected chi connectivity index (χ3v) is 3.88. The van der Waals surface area contributed by atoms with Crippen molar-refractivity contribution in [2.24, 2.45) is 0 Å². The summed E-state index contributed by atoms with van der Waals surface area (Å²) in [4.78, 5) is 21.0. The highest BCUT2D eigenvalue weighted by Gasteiger charge is 2.14. The van der Waals surface area contributed by atoms with E-state index < -0.39 is 5.82 Å². The maximum atomic E-state index is 14.2. The van der Waals surface area contributed by atoms with Crippen molar-refractivity contribution in [2.45, 2.75) is 0 Å². The molecule has 5 nitrogen and oxygen atoms in total. The zero-order chi connectivity index (χ0) is 16.7. The third kappa shape index (κ3) is 2.37. The fourth-order valence-corrected chi connectivity index (χ4v) is 2.69. The van der Waals surface area contributed by atoms with Gasteiger partial charge in [0, 0.05) is 29.0 Å². The lowest BCUT2D eigenvalue weighted by atomic mass is 10.1. The molecule has 0 aliphatic heterocycles. The van der Waals surface area contributed by atoms with Crippen LogP contribution in [-0.2, 0) is 0 Å². The number of aromatic nitrogens is 4. The van der Waals surface area contributed by atoms with Gasteiger partial charge >= 0.3 is 0 Å². The summed E-state index contributed by atoms with van der Waals surface area (Å²) in [6.07, 6.45) is 3.30. The quantitative estimate of drug-likeness (QED) is 0.607. The molecule has 0 radical (unpaired) electrons. The Hall–Kier alpha value is -2.99. The number of hydrogen-bond acceptors (Lipinski definition) is 3. The molecule has 7 heteroatoms. The Morgan fingerprint density at radius 3 is 2.71 bits per heavy atom. The molecule has 0 aliphatic carbocycles. The van der Waals surface area contributed by atoms with E-state index in [4.69, 9.17) is 11.6 Å². The lowest BCUT2D eigenvalue weighted by molar-refractivity contribution is 0.630. The Kier molecular flexibility index (Phi) is 3.39. The molecular formula is C17H10ClFN4O. The molecule has 0 aliphatic rings. The standard InChI is InChI=1S/C17H10ClFN4O/c18-10-4-5-11(13(19)7-10)15-8-16(24)23-17(22-15)12(9-21-23)14-3-1-2-6-20-14/h1-9,21H. The van der Waals surface area contributed by atoms with Gasteiger partial charge in [-0.3, -0.25) is 14.9 Å². The SMILES string of the molecule is O=c1cc(-c2ccc(Cl)cc2F)nc2c(-c3ccccn3)c[nH]n12. The van der Waals surface area contributed by atoms with Crippen molar-refractivity contribution in [3.63, 3.8) is 0 Å². The van der Waals surface area contributed by atoms with Gasteiger partial charge < -0.3 is 0 Å². The topological polar surface area (TPSA) is 63.0 Å². The van der Waals surface area contributed by atoms with Gasteiger partial charge in [0.25, 0.3) is 5.56 Å². The molecule has 4 rings (SSSR count). The highest BCUT2D eigenvalue weighted by atomic mass is 35.5. The number of rotatable bonds is 2. The van der Waals surface area contributed by atoms with Crippen LogP contribution in [0.1, 0.15) is 0 Å². The van der Waals surface area contributed by atoms with E-state index in [1.54, 1.807) is 24.5 Å². The molecule has 0 saturated heterocycles. The summed E-state index contributed by atoms with van der Waals surface area (Å²) < 4.78 is 15.5. The van der Waals surface area contributed by atoms with Crippen molar-refractivity contribution in [2.75, 3.05) is 0 Å². The van der Waals surface area contributed by atoms with Crippen LogP contribution in [-0.4, -0.2) is 19.6 Å². The summed E-state index contributed by atoms with van der Waals surface area (Å²) in [5.74, 6) is -0.534. The number of aromatic amines is 1. The molecule has 1 N–H and O–H groups in total. The Labute approximate surface area is 140 Å². The van der Waals surface area contributed by atoms with Gasteiger partial charge in [0.15, 0.2) is 5.65 Å². The summed E-state index contributed by atoms with van der Waals surface area (Å²) in [7, 11) is 0. The molecule has 118 valence electrons. The van der Waals surface area contributed by atoms with E-state index in [9.17, 15) is 9.18 Å². The number of pyridine rings is 1. The lowest BCUT2D eigenvalue weighted by Crippen LogP contribution is -2.14. The second-order valence-electron chi connectivity index (χ2n) is 5.16. The molecule has 0 atom stereocenters. The summed E-state index contributed by atoms with van der Waals surface area (Å²) >= 11 is 5.78. The molecule has 0 bridgehead atoms. The Balaban J connectivity index is 1.98. The van der Waals surface area contributed by atoms with Gasteiger partial charge in [-0.1, -0.05) is 17.7 Å². The molecule has 24 heavy (non-hydrogen) atoms. The van der Waals surface area contributed by atoms with E-state index in [1.807, 2.05) is 12.1 Å². The maximum absolute atomic E-state index is 14.2. The molecule has 0 saturated carbocycles. The van der Waals surface area contributed by atoms with Crippen molar-refractivity contribution in [3.8, 4) is 22.5 Å². The van der Waals surface area contributed by atoms with Crippen molar-refractivity contribution in [3.05, 3.63) is 76.1 Å². The van der Waals surface area contributed by atoms with Crippen LogP contribution < -0.4 is 5.56 Å². The van der Waals surface area contributed by atoms with E-state index in [0.717, 1.165) is 0 Å². The van der Waals surface area contributed by atoms with Crippen LogP contribution >= 0.6 is 11.6 Å². The Morgan fingerprint density at radius 1 is 1.08 bits per heavy atom. The van der Waals surface area contributed by atoms with Gasteiger partial charge in [0.1, 0.15) is 5.82 Å². The van der Waals surface area contributed by atoms with Gasteiger partial charge in [-0.2, -0.15) is 0 Å². The van der Waals surface area contributed by atoms with Gasteiger partial charge in [-0.05, 0) is 30.3 Å². The average molecular weight is 341 g/mol. The van der Waals surface area contributed by atoms with Gasteiger partial charge in [0.05, 0.1) is 17.0 Å². The highest BCUT2D eigenvalue weighted by molar-refractivity contribution is 6.30. The van der Waals surface area contributed by atoms with Gasteiger partial charge in [0.2, 0.25) is 0 Å². The van der Waals surface area contributed by atoms with E-state index in [2.05, 4.69) is 15.1 Å². The first kappa shape index (κ1) is 14.6. The number of halogens is 2. The summed E-state index contributed by atoms with van der Waals surface area (Å²) in [6, 6.07) is 11.0. The first-order valence-corrected chi connectivity index (χ1v) is 7.49. The van der Waals surface area contributed by atoms with Crippen molar-refractivity contribution in [1.29, 1.82) is 0 Å². The number of nitrogens with zero attached hydrogens (tertiary/aromatic N) is 3.